The lowest BCUT2D eigenvalue weighted by Crippen LogP contribution is -2.13. The van der Waals surface area contributed by atoms with Crippen molar-refractivity contribution < 1.29 is 19.0 Å². The number of nitrogens with zero attached hydrogens (tertiary/aromatic N) is 1. The number of halogens is 2. The lowest BCUT2D eigenvalue weighted by molar-refractivity contribution is -0.112. The molecule has 3 aromatic carbocycles. The van der Waals surface area contributed by atoms with E-state index in [1.807, 2.05) is 6.07 Å². The predicted molar refractivity (Wildman–Crippen MR) is 113 cm³/mol. The van der Waals surface area contributed by atoms with Crippen LogP contribution in [-0.4, -0.2) is 11.0 Å². The first kappa shape index (κ1) is 20.9. The summed E-state index contributed by atoms with van der Waals surface area (Å²) in [6.07, 6.45) is 1.39. The van der Waals surface area contributed by atoms with Gasteiger partial charge in [0.2, 0.25) is 0 Å². The highest BCUT2D eigenvalue weighted by molar-refractivity contribution is 6.32. The van der Waals surface area contributed by atoms with Crippen molar-refractivity contribution in [1.29, 1.82) is 5.26 Å². The van der Waals surface area contributed by atoms with E-state index in [2.05, 4.69) is 5.32 Å². The number of anilines is 1. The van der Waals surface area contributed by atoms with Gasteiger partial charge in [0.1, 0.15) is 35.6 Å². The zero-order valence-corrected chi connectivity index (χ0v) is 16.4. The fourth-order valence-electron chi connectivity index (χ4n) is 2.55. The molecule has 0 saturated carbocycles. The molecule has 0 atom stereocenters. The number of hydrogen-bond acceptors (Lipinski definition) is 4. The molecule has 0 fully saturated rings. The second kappa shape index (κ2) is 9.59. The zero-order chi connectivity index (χ0) is 21.5. The van der Waals surface area contributed by atoms with Gasteiger partial charge in [0.15, 0.2) is 0 Å². The SMILES string of the molecule is N#C/C(=C\c1ccc(OCc2ccccc2F)c(Cl)c1)C(=O)Nc1ccc(O)cc1. The number of nitrogens with one attached hydrogen (secondary N) is 1. The number of benzene rings is 3. The molecule has 0 radical (unpaired) electrons. The van der Waals surface area contributed by atoms with Crippen LogP contribution in [0.4, 0.5) is 10.1 Å². The topological polar surface area (TPSA) is 82.3 Å². The predicted octanol–water partition coefficient (Wildman–Crippen LogP) is 5.31. The van der Waals surface area contributed by atoms with Crippen LogP contribution in [0.3, 0.4) is 0 Å². The van der Waals surface area contributed by atoms with Gasteiger partial charge >= 0.3 is 0 Å². The molecule has 0 aliphatic rings. The molecule has 0 spiro atoms. The highest BCUT2D eigenvalue weighted by Crippen LogP contribution is 2.27. The van der Waals surface area contributed by atoms with Crippen molar-refractivity contribution in [2.75, 3.05) is 5.32 Å². The monoisotopic (exact) mass is 422 g/mol. The average Bonchev–Trinajstić information content (AvgIpc) is 2.74. The lowest BCUT2D eigenvalue weighted by atomic mass is 10.1. The molecular weight excluding hydrogens is 407 g/mol. The third-order valence-corrected chi connectivity index (χ3v) is 4.39. The maximum absolute atomic E-state index is 13.7. The number of phenolic OH excluding ortho intramolecular Hbond substituents is 1. The zero-order valence-electron chi connectivity index (χ0n) is 15.6. The summed E-state index contributed by atoms with van der Waals surface area (Å²) in [4.78, 5) is 12.3. The van der Waals surface area contributed by atoms with Crippen LogP contribution in [0, 0.1) is 17.1 Å². The molecule has 7 heteroatoms. The number of rotatable bonds is 6. The summed E-state index contributed by atoms with van der Waals surface area (Å²) in [6, 6.07) is 18.8. The van der Waals surface area contributed by atoms with Crippen LogP contribution in [0.25, 0.3) is 6.08 Å². The van der Waals surface area contributed by atoms with Crippen LogP contribution >= 0.6 is 11.6 Å². The average molecular weight is 423 g/mol. The molecule has 5 nitrogen and oxygen atoms in total. The van der Waals surface area contributed by atoms with E-state index in [0.717, 1.165) is 0 Å². The van der Waals surface area contributed by atoms with E-state index in [-0.39, 0.29) is 28.8 Å². The molecule has 1 amide bonds. The van der Waals surface area contributed by atoms with Gasteiger partial charge in [0, 0.05) is 11.3 Å². The van der Waals surface area contributed by atoms with Crippen molar-refractivity contribution in [3.05, 3.63) is 94.3 Å². The molecule has 0 unspecified atom stereocenters. The van der Waals surface area contributed by atoms with E-state index in [1.165, 1.54) is 36.4 Å². The molecule has 0 aliphatic heterocycles. The number of nitriles is 1. The van der Waals surface area contributed by atoms with E-state index < -0.39 is 5.91 Å². The fourth-order valence-corrected chi connectivity index (χ4v) is 2.80. The number of amides is 1. The summed E-state index contributed by atoms with van der Waals surface area (Å²) in [7, 11) is 0. The van der Waals surface area contributed by atoms with Gasteiger partial charge in [-0.3, -0.25) is 4.79 Å². The summed E-state index contributed by atoms with van der Waals surface area (Å²) < 4.78 is 19.3. The molecule has 0 heterocycles. The summed E-state index contributed by atoms with van der Waals surface area (Å²) in [5.74, 6) is -0.550. The molecule has 3 aromatic rings. The Morgan fingerprint density at radius 2 is 1.90 bits per heavy atom. The molecule has 150 valence electrons. The summed E-state index contributed by atoms with van der Waals surface area (Å²) >= 11 is 6.23. The van der Waals surface area contributed by atoms with Gasteiger partial charge in [-0.15, -0.1) is 0 Å². The van der Waals surface area contributed by atoms with Crippen molar-refractivity contribution in [2.45, 2.75) is 6.61 Å². The number of aromatic hydroxyl groups is 1. The van der Waals surface area contributed by atoms with Gasteiger partial charge in [-0.2, -0.15) is 5.26 Å². The van der Waals surface area contributed by atoms with E-state index in [1.54, 1.807) is 36.4 Å². The minimum absolute atomic E-state index is 0.0139. The van der Waals surface area contributed by atoms with Crippen LogP contribution in [0.15, 0.2) is 72.3 Å². The van der Waals surface area contributed by atoms with Crippen LogP contribution in [0.2, 0.25) is 5.02 Å². The number of carbonyl (C=O) groups excluding carboxylic acids is 1. The molecule has 0 aromatic heterocycles. The molecule has 0 bridgehead atoms. The molecular formula is C23H16ClFN2O3. The Bertz CT molecular complexity index is 1140. The largest absolute Gasteiger partial charge is 0.508 e. The minimum atomic E-state index is -0.598. The number of phenols is 1. The van der Waals surface area contributed by atoms with E-state index in [4.69, 9.17) is 16.3 Å². The molecule has 3 rings (SSSR count). The Kier molecular flexibility index (Phi) is 6.68. The second-order valence-corrected chi connectivity index (χ2v) is 6.65. The number of hydrogen-bond donors (Lipinski definition) is 2. The molecule has 30 heavy (non-hydrogen) atoms. The van der Waals surface area contributed by atoms with Gasteiger partial charge in [0.05, 0.1) is 5.02 Å². The van der Waals surface area contributed by atoms with E-state index >= 15 is 0 Å². The third-order valence-electron chi connectivity index (χ3n) is 4.10. The first-order valence-electron chi connectivity index (χ1n) is 8.84. The summed E-state index contributed by atoms with van der Waals surface area (Å²) in [6.45, 7) is 0.0139. The third kappa shape index (κ3) is 5.37. The van der Waals surface area contributed by atoms with Crippen LogP contribution in [-0.2, 0) is 11.4 Å². The molecule has 0 aliphatic carbocycles. The first-order valence-corrected chi connectivity index (χ1v) is 9.22. The Labute approximate surface area is 177 Å². The molecule has 0 saturated heterocycles. The Morgan fingerprint density at radius 3 is 2.57 bits per heavy atom. The Balaban J connectivity index is 1.71. The van der Waals surface area contributed by atoms with Crippen LogP contribution < -0.4 is 10.1 Å². The quantitative estimate of drug-likeness (QED) is 0.320. The maximum Gasteiger partial charge on any atom is 0.266 e. The van der Waals surface area contributed by atoms with Crippen molar-refractivity contribution in [3.8, 4) is 17.6 Å². The highest BCUT2D eigenvalue weighted by atomic mass is 35.5. The highest BCUT2D eigenvalue weighted by Gasteiger charge is 2.11. The fraction of sp³-hybridized carbons (Fsp3) is 0.0435. The normalized spacial score (nSPS) is 10.9. The van der Waals surface area contributed by atoms with Crippen molar-refractivity contribution in [1.82, 2.24) is 0 Å². The minimum Gasteiger partial charge on any atom is -0.508 e. The summed E-state index contributed by atoms with van der Waals surface area (Å²) in [5, 5.41) is 21.5. The van der Waals surface area contributed by atoms with Gasteiger partial charge in [0.25, 0.3) is 5.91 Å². The lowest BCUT2D eigenvalue weighted by Gasteiger charge is -2.09. The van der Waals surface area contributed by atoms with Crippen LogP contribution in [0.5, 0.6) is 11.5 Å². The van der Waals surface area contributed by atoms with Gasteiger partial charge < -0.3 is 15.2 Å². The van der Waals surface area contributed by atoms with Gasteiger partial charge in [-0.25, -0.2) is 4.39 Å². The first-order chi connectivity index (χ1) is 14.5. The van der Waals surface area contributed by atoms with Crippen molar-refractivity contribution in [3.63, 3.8) is 0 Å². The number of ether oxygens (including phenoxy) is 1. The van der Waals surface area contributed by atoms with Gasteiger partial charge in [-0.05, 0) is 54.1 Å². The number of carbonyl (C=O) groups is 1. The van der Waals surface area contributed by atoms with Crippen molar-refractivity contribution in [2.24, 2.45) is 0 Å². The van der Waals surface area contributed by atoms with E-state index in [9.17, 15) is 19.6 Å². The summed E-state index contributed by atoms with van der Waals surface area (Å²) in [5.41, 5.74) is 1.24. The second-order valence-electron chi connectivity index (χ2n) is 6.24. The van der Waals surface area contributed by atoms with Crippen LogP contribution in [0.1, 0.15) is 11.1 Å². The Morgan fingerprint density at radius 1 is 1.17 bits per heavy atom. The standard InChI is InChI=1S/C23H16ClFN2O3/c24-20-12-15(5-10-22(20)30-14-16-3-1-2-4-21(16)25)11-17(13-26)23(29)27-18-6-8-19(28)9-7-18/h1-12,28H,14H2,(H,27,29)/b17-11+. The van der Waals surface area contributed by atoms with Gasteiger partial charge in [-0.1, -0.05) is 35.9 Å². The van der Waals surface area contributed by atoms with Crippen molar-refractivity contribution >= 4 is 29.3 Å². The smallest absolute Gasteiger partial charge is 0.266 e. The van der Waals surface area contributed by atoms with E-state index in [0.29, 0.717) is 22.6 Å². The Hall–Kier alpha value is -3.82. The molecule has 2 N–H and O–H groups in total. The maximum atomic E-state index is 13.7.